The van der Waals surface area contributed by atoms with Gasteiger partial charge in [-0.1, -0.05) is 0 Å². The number of carboxylic acid groups (broad SMARTS) is 2. The van der Waals surface area contributed by atoms with Gasteiger partial charge in [-0.2, -0.15) is 8.42 Å². The number of hydrogen-bond donors (Lipinski definition) is 3. The minimum atomic E-state index is -4.53. The molecule has 13 heavy (non-hydrogen) atoms. The van der Waals surface area contributed by atoms with E-state index in [0.717, 1.165) is 0 Å². The molecule has 0 fully saturated rings. The van der Waals surface area contributed by atoms with Gasteiger partial charge in [0.2, 0.25) is 0 Å². The largest absolute Gasteiger partial charge is 0.478 e. The van der Waals surface area contributed by atoms with E-state index in [2.05, 4.69) is 0 Å². The van der Waals surface area contributed by atoms with Crippen LogP contribution in [0.2, 0.25) is 0 Å². The van der Waals surface area contributed by atoms with E-state index in [9.17, 15) is 18.0 Å². The summed E-state index contributed by atoms with van der Waals surface area (Å²) < 4.78 is 28.6. The molecule has 0 saturated carbocycles. The second-order valence-electron chi connectivity index (χ2n) is 2.04. The van der Waals surface area contributed by atoms with E-state index in [4.69, 9.17) is 14.8 Å². The summed E-state index contributed by atoms with van der Waals surface area (Å²) >= 11 is 0. The lowest BCUT2D eigenvalue weighted by Gasteiger charge is -1.96. The van der Waals surface area contributed by atoms with Crippen LogP contribution in [0.25, 0.3) is 0 Å². The Morgan fingerprint density at radius 1 is 1.23 bits per heavy atom. The molecule has 0 unspecified atom stereocenters. The van der Waals surface area contributed by atoms with Gasteiger partial charge in [0.1, 0.15) is 5.75 Å². The Morgan fingerprint density at radius 3 is 1.92 bits per heavy atom. The molecule has 0 saturated heterocycles. The molecule has 0 aromatic carbocycles. The third kappa shape index (κ3) is 5.82. The van der Waals surface area contributed by atoms with Crippen molar-refractivity contribution in [1.82, 2.24) is 0 Å². The SMILES string of the molecule is O=C(O)/C=C(/CS(=O)(=O)O)C(=O)O. The van der Waals surface area contributed by atoms with E-state index in [-0.39, 0.29) is 6.08 Å². The first-order valence-electron chi connectivity index (χ1n) is 2.84. The molecule has 0 aromatic heterocycles. The monoisotopic (exact) mass is 210 g/mol. The fraction of sp³-hybridized carbons (Fsp3) is 0.200. The van der Waals surface area contributed by atoms with Crippen molar-refractivity contribution in [3.8, 4) is 0 Å². The maximum Gasteiger partial charge on any atom is 0.332 e. The highest BCUT2D eigenvalue weighted by atomic mass is 32.2. The van der Waals surface area contributed by atoms with Crippen molar-refractivity contribution < 1.29 is 32.8 Å². The zero-order chi connectivity index (χ0) is 10.6. The van der Waals surface area contributed by atoms with E-state index in [1.165, 1.54) is 0 Å². The van der Waals surface area contributed by atoms with Crippen LogP contribution in [0.1, 0.15) is 0 Å². The number of carbonyl (C=O) groups is 2. The Hall–Kier alpha value is -1.41. The summed E-state index contributed by atoms with van der Waals surface area (Å²) in [5.74, 6) is -4.53. The lowest BCUT2D eigenvalue weighted by molar-refractivity contribution is -0.135. The summed E-state index contributed by atoms with van der Waals surface area (Å²) in [4.78, 5) is 20.2. The Balaban J connectivity index is 4.86. The molecule has 0 bridgehead atoms. The highest BCUT2D eigenvalue weighted by Crippen LogP contribution is 1.99. The molecule has 0 heterocycles. The molecular formula is C5H6O7S. The second kappa shape index (κ2) is 4.01. The number of rotatable bonds is 4. The molecule has 0 aliphatic rings. The Kier molecular flexibility index (Phi) is 3.57. The smallest absolute Gasteiger partial charge is 0.332 e. The Morgan fingerprint density at radius 2 is 1.69 bits per heavy atom. The van der Waals surface area contributed by atoms with E-state index in [1.807, 2.05) is 0 Å². The molecule has 0 amide bonds. The van der Waals surface area contributed by atoms with Gasteiger partial charge in [0.15, 0.2) is 0 Å². The average molecular weight is 210 g/mol. The Bertz CT molecular complexity index is 349. The van der Waals surface area contributed by atoms with Crippen molar-refractivity contribution in [1.29, 1.82) is 0 Å². The van der Waals surface area contributed by atoms with E-state index in [0.29, 0.717) is 0 Å². The molecule has 3 N–H and O–H groups in total. The molecule has 0 aliphatic carbocycles. The Labute approximate surface area is 73.0 Å². The van der Waals surface area contributed by atoms with Crippen molar-refractivity contribution >= 4 is 22.1 Å². The van der Waals surface area contributed by atoms with Gasteiger partial charge >= 0.3 is 11.9 Å². The van der Waals surface area contributed by atoms with Crippen LogP contribution in [-0.2, 0) is 19.7 Å². The summed E-state index contributed by atoms with van der Waals surface area (Å²) in [7, 11) is -4.53. The van der Waals surface area contributed by atoms with Gasteiger partial charge in [0.05, 0.1) is 5.57 Å². The van der Waals surface area contributed by atoms with Crippen LogP contribution in [0.15, 0.2) is 11.6 Å². The average Bonchev–Trinajstić information content (AvgIpc) is 1.81. The molecule has 0 radical (unpaired) electrons. The standard InChI is InChI=1S/C5H6O7S/c6-4(7)1-3(5(8)9)2-13(10,11)12/h1H,2H2,(H,6,7)(H,8,9)(H,10,11,12)/b3-1-. The molecule has 0 atom stereocenters. The van der Waals surface area contributed by atoms with Crippen LogP contribution in [-0.4, -0.2) is 40.9 Å². The lowest BCUT2D eigenvalue weighted by Crippen LogP contribution is -2.14. The molecular weight excluding hydrogens is 204 g/mol. The van der Waals surface area contributed by atoms with Crippen LogP contribution in [0, 0.1) is 0 Å². The predicted octanol–water partition coefficient (Wildman–Crippen LogP) is -1.03. The number of aliphatic carboxylic acids is 2. The van der Waals surface area contributed by atoms with Gasteiger partial charge in [0, 0.05) is 6.08 Å². The molecule has 7 nitrogen and oxygen atoms in total. The quantitative estimate of drug-likeness (QED) is 0.399. The molecule has 8 heteroatoms. The van der Waals surface area contributed by atoms with Crippen molar-refractivity contribution in [2.75, 3.05) is 5.75 Å². The number of carboxylic acids is 2. The van der Waals surface area contributed by atoms with E-state index in [1.54, 1.807) is 0 Å². The van der Waals surface area contributed by atoms with Gasteiger partial charge in [-0.25, -0.2) is 9.59 Å². The van der Waals surface area contributed by atoms with Crippen molar-refractivity contribution in [2.24, 2.45) is 0 Å². The first kappa shape index (κ1) is 11.6. The van der Waals surface area contributed by atoms with Crippen LogP contribution in [0.3, 0.4) is 0 Å². The molecule has 0 rings (SSSR count). The highest BCUT2D eigenvalue weighted by molar-refractivity contribution is 7.86. The first-order valence-corrected chi connectivity index (χ1v) is 4.45. The molecule has 74 valence electrons. The van der Waals surface area contributed by atoms with Gasteiger partial charge < -0.3 is 10.2 Å². The number of hydrogen-bond acceptors (Lipinski definition) is 4. The van der Waals surface area contributed by atoms with Crippen LogP contribution in [0.4, 0.5) is 0 Å². The predicted molar refractivity (Wildman–Crippen MR) is 39.8 cm³/mol. The summed E-state index contributed by atoms with van der Waals surface area (Å²) in [5, 5.41) is 16.4. The van der Waals surface area contributed by atoms with Gasteiger partial charge in [0.25, 0.3) is 10.1 Å². The lowest BCUT2D eigenvalue weighted by atomic mass is 10.3. The molecule has 0 spiro atoms. The highest BCUT2D eigenvalue weighted by Gasteiger charge is 2.16. The summed E-state index contributed by atoms with van der Waals surface area (Å²) in [6.07, 6.45) is 0.204. The normalized spacial score (nSPS) is 12.5. The third-order valence-corrected chi connectivity index (χ3v) is 1.59. The van der Waals surface area contributed by atoms with E-state index < -0.39 is 33.4 Å². The third-order valence-electron chi connectivity index (χ3n) is 0.910. The van der Waals surface area contributed by atoms with Crippen molar-refractivity contribution in [3.63, 3.8) is 0 Å². The van der Waals surface area contributed by atoms with Crippen LogP contribution < -0.4 is 0 Å². The zero-order valence-corrected chi connectivity index (χ0v) is 6.98. The van der Waals surface area contributed by atoms with Crippen molar-refractivity contribution in [3.05, 3.63) is 11.6 Å². The van der Waals surface area contributed by atoms with Crippen molar-refractivity contribution in [2.45, 2.75) is 0 Å². The van der Waals surface area contributed by atoms with Gasteiger partial charge in [-0.15, -0.1) is 0 Å². The maximum absolute atomic E-state index is 10.2. The maximum atomic E-state index is 10.2. The molecule has 0 aromatic rings. The minimum Gasteiger partial charge on any atom is -0.478 e. The zero-order valence-electron chi connectivity index (χ0n) is 6.17. The van der Waals surface area contributed by atoms with Gasteiger partial charge in [-0.3, -0.25) is 4.55 Å². The first-order chi connectivity index (χ1) is 5.72. The summed E-state index contributed by atoms with van der Waals surface area (Å²) in [6, 6.07) is 0. The minimum absolute atomic E-state index is 0.204. The van der Waals surface area contributed by atoms with Crippen LogP contribution >= 0.6 is 0 Å². The summed E-state index contributed by atoms with van der Waals surface area (Å²) in [5.41, 5.74) is -0.907. The fourth-order valence-electron chi connectivity index (χ4n) is 0.511. The van der Waals surface area contributed by atoms with Gasteiger partial charge in [-0.05, 0) is 0 Å². The molecule has 0 aliphatic heterocycles. The fourth-order valence-corrected chi connectivity index (χ4v) is 1.11. The summed E-state index contributed by atoms with van der Waals surface area (Å²) in [6.45, 7) is 0. The van der Waals surface area contributed by atoms with Crippen LogP contribution in [0.5, 0.6) is 0 Å². The second-order valence-corrected chi connectivity index (χ2v) is 3.49. The topological polar surface area (TPSA) is 129 Å². The van der Waals surface area contributed by atoms with E-state index >= 15 is 0 Å².